The predicted molar refractivity (Wildman–Crippen MR) is 136 cm³/mol. The molecular weight excluding hydrogens is 503 g/mol. The lowest BCUT2D eigenvalue weighted by Gasteiger charge is -2.45. The molecule has 3 aliphatic rings. The van der Waals surface area contributed by atoms with Gasteiger partial charge >= 0.3 is 0 Å². The van der Waals surface area contributed by atoms with Crippen LogP contribution in [0.25, 0.3) is 0 Å². The van der Waals surface area contributed by atoms with Crippen molar-refractivity contribution in [3.05, 3.63) is 29.8 Å². The summed E-state index contributed by atoms with van der Waals surface area (Å²) in [5, 5.41) is 7.09. The zero-order valence-electron chi connectivity index (χ0n) is 18.9. The summed E-state index contributed by atoms with van der Waals surface area (Å²) in [7, 11) is 0. The van der Waals surface area contributed by atoms with Crippen LogP contribution in [0.1, 0.15) is 51.0 Å². The van der Waals surface area contributed by atoms with E-state index in [9.17, 15) is 0 Å². The van der Waals surface area contributed by atoms with Gasteiger partial charge in [-0.1, -0.05) is 18.2 Å². The van der Waals surface area contributed by atoms with Crippen LogP contribution in [0.2, 0.25) is 0 Å². The van der Waals surface area contributed by atoms with Crippen LogP contribution in [-0.2, 0) is 11.3 Å². The van der Waals surface area contributed by atoms with Gasteiger partial charge in [0.25, 0.3) is 0 Å². The molecule has 0 spiro atoms. The predicted octanol–water partition coefficient (Wildman–Crippen LogP) is 3.79. The smallest absolute Gasteiger partial charge is 0.191 e. The summed E-state index contributed by atoms with van der Waals surface area (Å²) in [5.74, 6) is 2.61. The lowest BCUT2D eigenvalue weighted by Crippen LogP contribution is -2.58. The number of rotatable bonds is 9. The zero-order valence-corrected chi connectivity index (χ0v) is 21.2. The fraction of sp³-hybridized carbons (Fsp3) is 0.708. The lowest BCUT2D eigenvalue weighted by atomic mass is 9.88. The largest absolute Gasteiger partial charge is 0.493 e. The van der Waals surface area contributed by atoms with E-state index in [4.69, 9.17) is 14.5 Å². The van der Waals surface area contributed by atoms with Crippen molar-refractivity contribution in [1.82, 2.24) is 15.5 Å². The van der Waals surface area contributed by atoms with Crippen molar-refractivity contribution in [3.8, 4) is 5.75 Å². The maximum Gasteiger partial charge on any atom is 0.191 e. The SMILES string of the molecule is CCNC(=NCc1ccccc1OCC1CC1)NCC1(N2CCCC2)CCOCC1.I. The summed E-state index contributed by atoms with van der Waals surface area (Å²) in [4.78, 5) is 7.58. The van der Waals surface area contributed by atoms with Crippen LogP contribution < -0.4 is 15.4 Å². The van der Waals surface area contributed by atoms with Gasteiger partial charge < -0.3 is 20.1 Å². The van der Waals surface area contributed by atoms with E-state index in [1.54, 1.807) is 0 Å². The topological polar surface area (TPSA) is 58.1 Å². The first kappa shape index (κ1) is 24.6. The zero-order chi connectivity index (χ0) is 20.7. The van der Waals surface area contributed by atoms with Crippen LogP contribution in [0.5, 0.6) is 5.75 Å². The Balaban J connectivity index is 0.00000272. The molecule has 1 aliphatic carbocycles. The van der Waals surface area contributed by atoms with Crippen LogP contribution in [0.4, 0.5) is 0 Å². The number of ether oxygens (including phenoxy) is 2. The van der Waals surface area contributed by atoms with Crippen LogP contribution in [0.3, 0.4) is 0 Å². The van der Waals surface area contributed by atoms with Crippen molar-refractivity contribution >= 4 is 29.9 Å². The number of hydrogen-bond acceptors (Lipinski definition) is 4. The van der Waals surface area contributed by atoms with Crippen LogP contribution in [0, 0.1) is 5.92 Å². The quantitative estimate of drug-likeness (QED) is 0.283. The Morgan fingerprint density at radius 2 is 1.90 bits per heavy atom. The summed E-state index contributed by atoms with van der Waals surface area (Å²) >= 11 is 0. The molecule has 0 amide bonds. The molecule has 1 aromatic carbocycles. The molecule has 3 fully saturated rings. The summed E-state index contributed by atoms with van der Waals surface area (Å²) < 4.78 is 11.7. The molecule has 2 heterocycles. The molecular formula is C24H39IN4O2. The number of hydrogen-bond donors (Lipinski definition) is 2. The second-order valence-electron chi connectivity index (χ2n) is 8.94. The molecule has 1 aromatic rings. The number of nitrogens with one attached hydrogen (secondary N) is 2. The van der Waals surface area contributed by atoms with Gasteiger partial charge in [-0.25, -0.2) is 4.99 Å². The van der Waals surface area contributed by atoms with Crippen molar-refractivity contribution in [2.75, 3.05) is 46.0 Å². The minimum atomic E-state index is 0. The van der Waals surface area contributed by atoms with E-state index in [0.29, 0.717) is 6.54 Å². The number of nitrogens with zero attached hydrogens (tertiary/aromatic N) is 2. The van der Waals surface area contributed by atoms with Crippen molar-refractivity contribution in [3.63, 3.8) is 0 Å². The van der Waals surface area contributed by atoms with E-state index < -0.39 is 0 Å². The molecule has 0 unspecified atom stereocenters. The fourth-order valence-electron chi connectivity index (χ4n) is 4.57. The highest BCUT2D eigenvalue weighted by atomic mass is 127. The van der Waals surface area contributed by atoms with Crippen molar-refractivity contribution in [2.24, 2.45) is 10.9 Å². The van der Waals surface area contributed by atoms with E-state index in [2.05, 4.69) is 40.7 Å². The number of halogens is 1. The summed E-state index contributed by atoms with van der Waals surface area (Å²) in [6.07, 6.45) is 7.43. The Hall–Kier alpha value is -1.06. The first-order chi connectivity index (χ1) is 14.8. The van der Waals surface area contributed by atoms with Gasteiger partial charge in [0.05, 0.1) is 13.2 Å². The maximum absolute atomic E-state index is 6.06. The molecule has 2 N–H and O–H groups in total. The highest BCUT2D eigenvalue weighted by Crippen LogP contribution is 2.31. The molecule has 31 heavy (non-hydrogen) atoms. The summed E-state index contributed by atoms with van der Waals surface area (Å²) in [5.41, 5.74) is 1.34. The van der Waals surface area contributed by atoms with E-state index in [1.165, 1.54) is 38.8 Å². The summed E-state index contributed by atoms with van der Waals surface area (Å²) in [6, 6.07) is 8.31. The molecule has 0 aromatic heterocycles. The van der Waals surface area contributed by atoms with E-state index in [-0.39, 0.29) is 29.5 Å². The first-order valence-electron chi connectivity index (χ1n) is 11.8. The Morgan fingerprint density at radius 3 is 2.61 bits per heavy atom. The number of guanidine groups is 1. The molecule has 0 radical (unpaired) electrons. The number of aliphatic imine (C=N–C) groups is 1. The number of para-hydroxylation sites is 1. The van der Waals surface area contributed by atoms with Gasteiger partial charge in [-0.05, 0) is 70.5 Å². The average molecular weight is 543 g/mol. The molecule has 6 nitrogen and oxygen atoms in total. The first-order valence-corrected chi connectivity index (χ1v) is 11.8. The van der Waals surface area contributed by atoms with Gasteiger partial charge in [0.15, 0.2) is 5.96 Å². The molecule has 0 atom stereocenters. The second-order valence-corrected chi connectivity index (χ2v) is 8.94. The van der Waals surface area contributed by atoms with Crippen LogP contribution in [0.15, 0.2) is 29.3 Å². The van der Waals surface area contributed by atoms with Crippen LogP contribution in [-0.4, -0.2) is 62.4 Å². The highest BCUT2D eigenvalue weighted by molar-refractivity contribution is 14.0. The molecule has 174 valence electrons. The average Bonchev–Trinajstić information content (AvgIpc) is 3.45. The van der Waals surface area contributed by atoms with Crippen molar-refractivity contribution in [2.45, 2.75) is 57.5 Å². The Labute approximate surface area is 204 Å². The maximum atomic E-state index is 6.06. The third-order valence-electron chi connectivity index (χ3n) is 6.68. The van der Waals surface area contributed by atoms with E-state index in [1.807, 2.05) is 6.07 Å². The lowest BCUT2D eigenvalue weighted by molar-refractivity contribution is -0.0164. The van der Waals surface area contributed by atoms with Gasteiger partial charge in [0.2, 0.25) is 0 Å². The fourth-order valence-corrected chi connectivity index (χ4v) is 4.57. The second kappa shape index (κ2) is 12.3. The summed E-state index contributed by atoms with van der Waals surface area (Å²) in [6.45, 7) is 9.48. The Bertz CT molecular complexity index is 699. The van der Waals surface area contributed by atoms with E-state index >= 15 is 0 Å². The standard InChI is InChI=1S/C24H38N4O2.HI/c1-2-25-23(26-17-21-7-3-4-8-22(21)30-18-20-9-10-20)27-19-24(11-15-29-16-12-24)28-13-5-6-14-28;/h3-4,7-8,20H,2,5-6,9-19H2,1H3,(H2,25,26,27);1H. The normalized spacial score (nSPS) is 21.4. The molecule has 0 bridgehead atoms. The van der Waals surface area contributed by atoms with Crippen molar-refractivity contribution < 1.29 is 9.47 Å². The third-order valence-corrected chi connectivity index (χ3v) is 6.68. The van der Waals surface area contributed by atoms with Gasteiger partial charge in [0, 0.05) is 37.4 Å². The van der Waals surface area contributed by atoms with Gasteiger partial charge in [0.1, 0.15) is 5.75 Å². The molecule has 2 aliphatic heterocycles. The number of benzene rings is 1. The van der Waals surface area contributed by atoms with Gasteiger partial charge in [-0.15, -0.1) is 24.0 Å². The number of likely N-dealkylation sites (tertiary alicyclic amines) is 1. The Kier molecular flexibility index (Phi) is 9.72. The highest BCUT2D eigenvalue weighted by Gasteiger charge is 2.39. The molecule has 1 saturated carbocycles. The monoisotopic (exact) mass is 542 g/mol. The van der Waals surface area contributed by atoms with Crippen LogP contribution >= 0.6 is 24.0 Å². The molecule has 7 heteroatoms. The van der Waals surface area contributed by atoms with Crippen molar-refractivity contribution in [1.29, 1.82) is 0 Å². The third kappa shape index (κ3) is 6.96. The molecule has 2 saturated heterocycles. The minimum Gasteiger partial charge on any atom is -0.493 e. The van der Waals surface area contributed by atoms with Gasteiger partial charge in [-0.2, -0.15) is 0 Å². The molecule has 4 rings (SSSR count). The van der Waals surface area contributed by atoms with Gasteiger partial charge in [-0.3, -0.25) is 4.90 Å². The Morgan fingerprint density at radius 1 is 1.16 bits per heavy atom. The minimum absolute atomic E-state index is 0. The van der Waals surface area contributed by atoms with E-state index in [0.717, 1.165) is 68.9 Å².